The SMILES string of the molecule is CC1CCCCC1N(C)S(=O)(=O)CC1CCCNC1. The van der Waals surface area contributed by atoms with Crippen LogP contribution in [0.1, 0.15) is 45.4 Å². The van der Waals surface area contributed by atoms with Gasteiger partial charge in [0, 0.05) is 13.1 Å². The van der Waals surface area contributed by atoms with Crippen LogP contribution in [0.2, 0.25) is 0 Å². The van der Waals surface area contributed by atoms with Crippen LogP contribution < -0.4 is 5.32 Å². The summed E-state index contributed by atoms with van der Waals surface area (Å²) in [6.45, 7) is 4.08. The van der Waals surface area contributed by atoms with Crippen LogP contribution in [0.5, 0.6) is 0 Å². The molecule has 1 saturated heterocycles. The fourth-order valence-corrected chi connectivity index (χ4v) is 5.37. The summed E-state index contributed by atoms with van der Waals surface area (Å²) in [6, 6.07) is 0.218. The van der Waals surface area contributed by atoms with Gasteiger partial charge in [0.25, 0.3) is 0 Å². The normalized spacial score (nSPS) is 33.5. The summed E-state index contributed by atoms with van der Waals surface area (Å²) in [5.41, 5.74) is 0. The van der Waals surface area contributed by atoms with Crippen molar-refractivity contribution in [3.63, 3.8) is 0 Å². The van der Waals surface area contributed by atoms with E-state index < -0.39 is 10.0 Å². The molecule has 1 saturated carbocycles. The van der Waals surface area contributed by atoms with Crippen LogP contribution in [0, 0.1) is 11.8 Å². The summed E-state index contributed by atoms with van der Waals surface area (Å²) in [5.74, 6) is 1.11. The van der Waals surface area contributed by atoms with Crippen LogP contribution in [0.3, 0.4) is 0 Å². The Hall–Kier alpha value is -0.130. The second kappa shape index (κ2) is 6.55. The van der Waals surface area contributed by atoms with Gasteiger partial charge in [-0.2, -0.15) is 0 Å². The lowest BCUT2D eigenvalue weighted by Crippen LogP contribution is -2.45. The number of nitrogens with zero attached hydrogens (tertiary/aromatic N) is 1. The lowest BCUT2D eigenvalue weighted by Gasteiger charge is -2.36. The average Bonchev–Trinajstić information content (AvgIpc) is 2.39. The summed E-state index contributed by atoms with van der Waals surface area (Å²) in [6.07, 6.45) is 6.75. The smallest absolute Gasteiger partial charge is 0.214 e. The molecule has 19 heavy (non-hydrogen) atoms. The van der Waals surface area contributed by atoms with Crippen molar-refractivity contribution in [2.75, 3.05) is 25.9 Å². The molecule has 2 aliphatic rings. The minimum absolute atomic E-state index is 0.218. The molecule has 1 aliphatic heterocycles. The Morgan fingerprint density at radius 3 is 2.53 bits per heavy atom. The fraction of sp³-hybridized carbons (Fsp3) is 1.00. The molecule has 0 aromatic carbocycles. The number of hydrogen-bond acceptors (Lipinski definition) is 3. The fourth-order valence-electron chi connectivity index (χ4n) is 3.52. The molecule has 5 heteroatoms. The first kappa shape index (κ1) is 15.3. The van der Waals surface area contributed by atoms with E-state index in [-0.39, 0.29) is 6.04 Å². The molecule has 2 fully saturated rings. The molecule has 1 heterocycles. The Kier molecular flexibility index (Phi) is 5.26. The van der Waals surface area contributed by atoms with Crippen LogP contribution in [0.15, 0.2) is 0 Å². The number of sulfonamides is 1. The van der Waals surface area contributed by atoms with Gasteiger partial charge in [-0.05, 0) is 50.6 Å². The van der Waals surface area contributed by atoms with E-state index in [1.165, 1.54) is 12.8 Å². The Labute approximate surface area is 118 Å². The van der Waals surface area contributed by atoms with E-state index in [0.29, 0.717) is 17.6 Å². The Morgan fingerprint density at radius 1 is 1.16 bits per heavy atom. The largest absolute Gasteiger partial charge is 0.316 e. The molecule has 0 bridgehead atoms. The van der Waals surface area contributed by atoms with Crippen LogP contribution in [0.4, 0.5) is 0 Å². The van der Waals surface area contributed by atoms with Crippen molar-refractivity contribution >= 4 is 10.0 Å². The first-order valence-corrected chi connectivity index (χ1v) is 9.28. The van der Waals surface area contributed by atoms with E-state index in [1.54, 1.807) is 11.4 Å². The average molecular weight is 288 g/mol. The van der Waals surface area contributed by atoms with E-state index in [4.69, 9.17) is 0 Å². The number of piperidine rings is 1. The molecule has 0 amide bonds. The van der Waals surface area contributed by atoms with Gasteiger partial charge in [0.1, 0.15) is 0 Å². The molecular formula is C14H28N2O2S. The first-order valence-electron chi connectivity index (χ1n) is 7.67. The summed E-state index contributed by atoms with van der Waals surface area (Å²) < 4.78 is 26.8. The van der Waals surface area contributed by atoms with Gasteiger partial charge in [-0.15, -0.1) is 0 Å². The highest BCUT2D eigenvalue weighted by Gasteiger charge is 2.33. The quantitative estimate of drug-likeness (QED) is 0.858. The highest BCUT2D eigenvalue weighted by atomic mass is 32.2. The van der Waals surface area contributed by atoms with Gasteiger partial charge in [0.05, 0.1) is 5.75 Å². The van der Waals surface area contributed by atoms with Gasteiger partial charge >= 0.3 is 0 Å². The van der Waals surface area contributed by atoms with Crippen molar-refractivity contribution in [2.45, 2.75) is 51.5 Å². The summed E-state index contributed by atoms with van der Waals surface area (Å²) in [7, 11) is -1.31. The molecule has 0 spiro atoms. The second-order valence-electron chi connectivity index (χ2n) is 6.34. The van der Waals surface area contributed by atoms with Crippen molar-refractivity contribution in [3.8, 4) is 0 Å². The third kappa shape index (κ3) is 3.92. The van der Waals surface area contributed by atoms with Crippen molar-refractivity contribution < 1.29 is 8.42 Å². The van der Waals surface area contributed by atoms with Gasteiger partial charge in [-0.1, -0.05) is 19.8 Å². The van der Waals surface area contributed by atoms with Gasteiger partial charge < -0.3 is 5.32 Å². The van der Waals surface area contributed by atoms with Crippen LogP contribution in [0.25, 0.3) is 0 Å². The second-order valence-corrected chi connectivity index (χ2v) is 8.41. The molecule has 112 valence electrons. The third-order valence-electron chi connectivity index (χ3n) is 4.82. The zero-order valence-corrected chi connectivity index (χ0v) is 13.1. The van der Waals surface area contributed by atoms with Crippen molar-refractivity contribution in [3.05, 3.63) is 0 Å². The highest BCUT2D eigenvalue weighted by Crippen LogP contribution is 2.29. The molecule has 3 unspecified atom stereocenters. The van der Waals surface area contributed by atoms with Crippen LogP contribution in [-0.2, 0) is 10.0 Å². The number of rotatable bonds is 4. The zero-order valence-electron chi connectivity index (χ0n) is 12.3. The van der Waals surface area contributed by atoms with Crippen molar-refractivity contribution in [2.24, 2.45) is 11.8 Å². The van der Waals surface area contributed by atoms with E-state index >= 15 is 0 Å². The van der Waals surface area contributed by atoms with Crippen LogP contribution >= 0.6 is 0 Å². The van der Waals surface area contributed by atoms with Gasteiger partial charge in [-0.25, -0.2) is 12.7 Å². The van der Waals surface area contributed by atoms with Gasteiger partial charge in [-0.3, -0.25) is 0 Å². The minimum atomic E-state index is -3.10. The lowest BCUT2D eigenvalue weighted by atomic mass is 9.86. The van der Waals surface area contributed by atoms with Crippen molar-refractivity contribution in [1.29, 1.82) is 0 Å². The number of hydrogen-bond donors (Lipinski definition) is 1. The maximum absolute atomic E-state index is 12.5. The molecule has 0 radical (unpaired) electrons. The van der Waals surface area contributed by atoms with E-state index in [9.17, 15) is 8.42 Å². The monoisotopic (exact) mass is 288 g/mol. The number of nitrogens with one attached hydrogen (secondary N) is 1. The molecule has 1 N–H and O–H groups in total. The topological polar surface area (TPSA) is 49.4 Å². The molecule has 3 atom stereocenters. The Bertz CT molecular complexity index is 377. The molecule has 0 aromatic rings. The van der Waals surface area contributed by atoms with E-state index in [2.05, 4.69) is 12.2 Å². The Balaban J connectivity index is 1.97. The molecule has 4 nitrogen and oxygen atoms in total. The lowest BCUT2D eigenvalue weighted by molar-refractivity contribution is 0.212. The summed E-state index contributed by atoms with van der Waals surface area (Å²) in [4.78, 5) is 0. The summed E-state index contributed by atoms with van der Waals surface area (Å²) in [5, 5.41) is 3.30. The zero-order chi connectivity index (χ0) is 13.9. The molecule has 2 rings (SSSR count). The Morgan fingerprint density at radius 2 is 1.89 bits per heavy atom. The predicted octanol–water partition coefficient (Wildman–Crippen LogP) is 1.83. The molecule has 0 aromatic heterocycles. The van der Waals surface area contributed by atoms with E-state index in [0.717, 1.165) is 38.8 Å². The van der Waals surface area contributed by atoms with Crippen LogP contribution in [-0.4, -0.2) is 44.7 Å². The van der Waals surface area contributed by atoms with E-state index in [1.807, 2.05) is 0 Å². The maximum Gasteiger partial charge on any atom is 0.214 e. The highest BCUT2D eigenvalue weighted by molar-refractivity contribution is 7.89. The van der Waals surface area contributed by atoms with Gasteiger partial charge in [0.15, 0.2) is 0 Å². The summed E-state index contributed by atoms with van der Waals surface area (Å²) >= 11 is 0. The molecular weight excluding hydrogens is 260 g/mol. The molecule has 1 aliphatic carbocycles. The third-order valence-corrected chi connectivity index (χ3v) is 6.86. The predicted molar refractivity (Wildman–Crippen MR) is 78.6 cm³/mol. The maximum atomic E-state index is 12.5. The minimum Gasteiger partial charge on any atom is -0.316 e. The standard InChI is InChI=1S/C14H28N2O2S/c1-12-6-3-4-8-14(12)16(2)19(17,18)11-13-7-5-9-15-10-13/h12-15H,3-11H2,1-2H3. The van der Waals surface area contributed by atoms with Crippen molar-refractivity contribution in [1.82, 2.24) is 9.62 Å². The van der Waals surface area contributed by atoms with Gasteiger partial charge in [0.2, 0.25) is 10.0 Å². The first-order chi connectivity index (χ1) is 9.00.